The average Bonchev–Trinajstić information content (AvgIpc) is 3.24. The van der Waals surface area contributed by atoms with Crippen LogP contribution in [0, 0.1) is 11.8 Å². The van der Waals surface area contributed by atoms with Gasteiger partial charge in [0.1, 0.15) is 24.8 Å². The highest BCUT2D eigenvalue weighted by Crippen LogP contribution is 2.18. The minimum Gasteiger partial charge on any atom is -0.481 e. The third-order valence-electron chi connectivity index (χ3n) is 10.3. The van der Waals surface area contributed by atoms with E-state index in [1.165, 1.54) is 0 Å². The number of ketones is 3. The summed E-state index contributed by atoms with van der Waals surface area (Å²) in [4.78, 5) is 83.3. The molecule has 2 amide bonds. The molecule has 20 heteroatoms. The second-order valence-electron chi connectivity index (χ2n) is 16.0. The van der Waals surface area contributed by atoms with Crippen molar-refractivity contribution >= 4 is 67.2 Å². The van der Waals surface area contributed by atoms with Crippen LogP contribution in [0.5, 0.6) is 0 Å². The first kappa shape index (κ1) is 61.1. The van der Waals surface area contributed by atoms with Crippen LogP contribution in [0.3, 0.4) is 0 Å². The van der Waals surface area contributed by atoms with Crippen LogP contribution in [0.2, 0.25) is 0 Å². The quantitative estimate of drug-likeness (QED) is 0.0280. The highest BCUT2D eigenvalue weighted by Gasteiger charge is 2.23. The summed E-state index contributed by atoms with van der Waals surface area (Å²) in [5.41, 5.74) is 0. The summed E-state index contributed by atoms with van der Waals surface area (Å²) >= 11 is 3.11. The molecule has 64 heavy (non-hydrogen) atoms. The summed E-state index contributed by atoms with van der Waals surface area (Å²) in [7, 11) is -3.85. The van der Waals surface area contributed by atoms with Crippen molar-refractivity contribution in [1.82, 2.24) is 10.6 Å². The van der Waals surface area contributed by atoms with Gasteiger partial charge in [-0.1, -0.05) is 99.4 Å². The molecule has 0 aromatic heterocycles. The summed E-state index contributed by atoms with van der Waals surface area (Å²) < 4.78 is 51.5. The molecule has 0 aliphatic rings. The van der Waals surface area contributed by atoms with Gasteiger partial charge in [-0.25, -0.2) is 0 Å². The lowest BCUT2D eigenvalue weighted by atomic mass is 9.94. The first-order valence-electron chi connectivity index (χ1n) is 23.0. The molecule has 0 unspecified atom stereocenters. The lowest BCUT2D eigenvalue weighted by Crippen LogP contribution is -2.31. The molecule has 18 nitrogen and oxygen atoms in total. The molecule has 0 aromatic carbocycles. The van der Waals surface area contributed by atoms with E-state index in [0.29, 0.717) is 43.9 Å². The molecule has 0 saturated heterocycles. The van der Waals surface area contributed by atoms with Crippen molar-refractivity contribution in [1.29, 1.82) is 0 Å². The number of unbranched alkanes of at least 4 members (excludes halogenated alkanes) is 14. The Balaban J connectivity index is 3.75. The normalized spacial score (nSPS) is 12.4. The Morgan fingerprint density at radius 3 is 1.41 bits per heavy atom. The van der Waals surface area contributed by atoms with Crippen molar-refractivity contribution in [3.8, 4) is 0 Å². The number of rotatable bonds is 48. The number of alkyl halides is 1. The number of carbonyl (C=O) groups is 7. The molecule has 0 heterocycles. The fourth-order valence-corrected chi connectivity index (χ4v) is 7.45. The van der Waals surface area contributed by atoms with Crippen LogP contribution in [0.25, 0.3) is 0 Å². The van der Waals surface area contributed by atoms with Gasteiger partial charge < -0.3 is 39.8 Å². The van der Waals surface area contributed by atoms with Crippen molar-refractivity contribution in [2.24, 2.45) is 11.8 Å². The van der Waals surface area contributed by atoms with E-state index in [9.17, 15) is 52.2 Å². The van der Waals surface area contributed by atoms with E-state index in [2.05, 4.69) is 26.6 Å². The van der Waals surface area contributed by atoms with Crippen LogP contribution >= 0.6 is 15.9 Å². The van der Waals surface area contributed by atoms with E-state index in [0.717, 1.165) is 83.5 Å². The van der Waals surface area contributed by atoms with Crippen LogP contribution < -0.4 is 10.6 Å². The maximum atomic E-state index is 12.4. The molecular formula is C44H77BrN2O16S. The number of nitrogens with one attached hydrogen (secondary N) is 2. The lowest BCUT2D eigenvalue weighted by Gasteiger charge is -2.12. The van der Waals surface area contributed by atoms with Crippen molar-refractivity contribution in [3.05, 3.63) is 0 Å². The summed E-state index contributed by atoms with van der Waals surface area (Å²) in [6.07, 6.45) is 15.8. The second kappa shape index (κ2) is 41.5. The van der Waals surface area contributed by atoms with Gasteiger partial charge in [-0.3, -0.25) is 38.1 Å². The molecule has 0 radical (unpaired) electrons. The third kappa shape index (κ3) is 41.8. The van der Waals surface area contributed by atoms with Gasteiger partial charge in [0.15, 0.2) is 5.78 Å². The van der Waals surface area contributed by atoms with E-state index in [-0.39, 0.29) is 127 Å². The first-order valence-corrected chi connectivity index (χ1v) is 25.7. The van der Waals surface area contributed by atoms with Crippen LogP contribution in [0.15, 0.2) is 0 Å². The Hall–Kier alpha value is -2.88. The fourth-order valence-electron chi connectivity index (χ4n) is 6.60. The van der Waals surface area contributed by atoms with Crippen LogP contribution in [0.1, 0.15) is 148 Å². The maximum Gasteiger partial charge on any atom is 0.306 e. The van der Waals surface area contributed by atoms with Crippen molar-refractivity contribution in [2.75, 3.05) is 77.0 Å². The SMILES string of the molecule is O=C(CBr)CCCCC[C@H](CC(=O)COCCOCCNC(=O)COCCOCCNC(=O)CC[C@H](CC(=O)CCCCCCCCCCCCCCCS(=O)(=O)O)C(=O)O)C(=O)O. The Labute approximate surface area is 388 Å². The number of amides is 2. The van der Waals surface area contributed by atoms with Gasteiger partial charge in [0.2, 0.25) is 11.8 Å². The zero-order valence-electron chi connectivity index (χ0n) is 37.8. The minimum atomic E-state index is -3.85. The van der Waals surface area contributed by atoms with Crippen LogP contribution in [-0.4, -0.2) is 141 Å². The van der Waals surface area contributed by atoms with Gasteiger partial charge in [-0.2, -0.15) is 8.42 Å². The van der Waals surface area contributed by atoms with Gasteiger partial charge in [0.05, 0.1) is 62.6 Å². The standard InChI is InChI=1S/C44H77BrN2O16S/c45-33-39(49)19-15-12-13-17-36(43(53)54)32-40(50)34-62-28-26-61-25-23-47-42(52)35-63-29-27-60-24-22-46-41(51)21-20-37(44(55)56)31-38(48)18-14-10-8-6-4-2-1-3-5-7-9-11-16-30-64(57,58)59/h36-37H,1-35H2,(H,46,51)(H,47,52)(H,53,54)(H,55,56)(H,57,58,59)/t36-,37-/m1/s1. The molecule has 0 aliphatic heterocycles. The van der Waals surface area contributed by atoms with E-state index in [1.54, 1.807) is 0 Å². The number of halogens is 1. The maximum absolute atomic E-state index is 12.4. The van der Waals surface area contributed by atoms with Gasteiger partial charge in [-0.15, -0.1) is 0 Å². The van der Waals surface area contributed by atoms with E-state index >= 15 is 0 Å². The lowest BCUT2D eigenvalue weighted by molar-refractivity contribution is -0.145. The zero-order valence-corrected chi connectivity index (χ0v) is 40.2. The summed E-state index contributed by atoms with van der Waals surface area (Å²) in [6.45, 7) is 1.06. The van der Waals surface area contributed by atoms with Crippen molar-refractivity contribution in [3.63, 3.8) is 0 Å². The molecule has 0 fully saturated rings. The number of Topliss-reactive ketones (excluding diaryl/α,β-unsaturated/α-hetero) is 3. The molecule has 0 spiro atoms. The predicted octanol–water partition coefficient (Wildman–Crippen LogP) is 5.65. The number of aliphatic carboxylic acids is 2. The number of carbonyl (C=O) groups excluding carboxylic acids is 5. The van der Waals surface area contributed by atoms with Gasteiger partial charge in [-0.05, 0) is 32.1 Å². The smallest absolute Gasteiger partial charge is 0.306 e. The van der Waals surface area contributed by atoms with Gasteiger partial charge in [0.25, 0.3) is 10.1 Å². The number of carboxylic acid groups (broad SMARTS) is 2. The molecule has 0 saturated carbocycles. The molecular weight excluding hydrogens is 924 g/mol. The summed E-state index contributed by atoms with van der Waals surface area (Å²) in [6, 6.07) is 0. The number of hydrogen-bond donors (Lipinski definition) is 5. The van der Waals surface area contributed by atoms with E-state index in [4.69, 9.17) is 23.5 Å². The van der Waals surface area contributed by atoms with Crippen molar-refractivity contribution in [2.45, 2.75) is 148 Å². The Kier molecular flexibility index (Phi) is 39.7. The largest absolute Gasteiger partial charge is 0.481 e. The molecule has 5 N–H and O–H groups in total. The number of carboxylic acids is 2. The monoisotopic (exact) mass is 1000 g/mol. The highest BCUT2D eigenvalue weighted by molar-refractivity contribution is 9.09. The molecule has 0 bridgehead atoms. The summed E-state index contributed by atoms with van der Waals surface area (Å²) in [5, 5.41) is 24.6. The zero-order chi connectivity index (χ0) is 47.7. The Bertz CT molecular complexity index is 1420. The molecule has 0 aliphatic carbocycles. The third-order valence-corrected chi connectivity index (χ3v) is 11.7. The average molecular weight is 1000 g/mol. The van der Waals surface area contributed by atoms with Gasteiger partial charge >= 0.3 is 11.9 Å². The van der Waals surface area contributed by atoms with E-state index < -0.39 is 33.9 Å². The Morgan fingerprint density at radius 1 is 0.469 bits per heavy atom. The number of hydrogen-bond acceptors (Lipinski definition) is 13. The molecule has 0 rings (SSSR count). The predicted molar refractivity (Wildman–Crippen MR) is 243 cm³/mol. The number of ether oxygens (including phenoxy) is 4. The minimum absolute atomic E-state index is 0.0261. The van der Waals surface area contributed by atoms with Gasteiger partial charge in [0, 0.05) is 45.2 Å². The molecule has 2 atom stereocenters. The van der Waals surface area contributed by atoms with Crippen LogP contribution in [0.4, 0.5) is 0 Å². The Morgan fingerprint density at radius 2 is 0.891 bits per heavy atom. The van der Waals surface area contributed by atoms with E-state index in [1.807, 2.05) is 0 Å². The summed E-state index contributed by atoms with van der Waals surface area (Å²) in [5.74, 6) is -5.00. The first-order chi connectivity index (χ1) is 30.6. The highest BCUT2D eigenvalue weighted by atomic mass is 79.9. The second-order valence-corrected chi connectivity index (χ2v) is 18.2. The fraction of sp³-hybridized carbons (Fsp3) is 0.841. The van der Waals surface area contributed by atoms with Crippen LogP contribution in [-0.2, 0) is 62.6 Å². The molecule has 372 valence electrons. The molecule has 0 aromatic rings. The van der Waals surface area contributed by atoms with Crippen molar-refractivity contribution < 1.29 is 75.7 Å². The topological polar surface area (TPSA) is 275 Å².